The Hall–Kier alpha value is -2.32. The lowest BCUT2D eigenvalue weighted by atomic mass is 10.2. The van der Waals surface area contributed by atoms with E-state index in [1.165, 1.54) is 11.8 Å². The lowest BCUT2D eigenvalue weighted by molar-refractivity contribution is -0.113. The highest BCUT2D eigenvalue weighted by Crippen LogP contribution is 2.37. The van der Waals surface area contributed by atoms with Crippen LogP contribution in [0.25, 0.3) is 6.08 Å². The number of para-hydroxylation sites is 1. The number of aliphatic hydroxyl groups excluding tert-OH is 2. The van der Waals surface area contributed by atoms with Crippen molar-refractivity contribution in [3.8, 4) is 5.75 Å². The summed E-state index contributed by atoms with van der Waals surface area (Å²) in [5.74, 6) is 0.248. The van der Waals surface area contributed by atoms with Crippen molar-refractivity contribution in [1.29, 1.82) is 0 Å². The van der Waals surface area contributed by atoms with E-state index in [2.05, 4.69) is 4.99 Å². The molecule has 1 saturated heterocycles. The minimum absolute atomic E-state index is 0.0472. The summed E-state index contributed by atoms with van der Waals surface area (Å²) in [4.78, 5) is 19.9. The van der Waals surface area contributed by atoms with Crippen molar-refractivity contribution in [3.63, 3.8) is 0 Å². The van der Waals surface area contributed by atoms with Crippen LogP contribution < -0.4 is 9.64 Å². The summed E-state index contributed by atoms with van der Waals surface area (Å²) in [5.41, 5.74) is 1.51. The van der Waals surface area contributed by atoms with E-state index in [-0.39, 0.29) is 25.2 Å². The van der Waals surface area contributed by atoms with Gasteiger partial charge in [-0.15, -0.1) is 0 Å². The van der Waals surface area contributed by atoms with Gasteiger partial charge in [-0.2, -0.15) is 0 Å². The molecule has 2 aromatic rings. The molecule has 0 radical (unpaired) electrons. The molecular weight excluding hydrogens is 424 g/mol. The van der Waals surface area contributed by atoms with E-state index in [9.17, 15) is 9.90 Å². The summed E-state index contributed by atoms with van der Waals surface area (Å²) in [7, 11) is 0. The predicted molar refractivity (Wildman–Crippen MR) is 122 cm³/mol. The first-order chi connectivity index (χ1) is 14.4. The molecule has 158 valence electrons. The maximum atomic E-state index is 13.1. The molecule has 8 heteroatoms. The third-order valence-corrected chi connectivity index (χ3v) is 5.36. The van der Waals surface area contributed by atoms with Crippen LogP contribution in [0.2, 0.25) is 5.02 Å². The van der Waals surface area contributed by atoms with E-state index in [0.717, 1.165) is 11.3 Å². The molecule has 6 nitrogen and oxygen atoms in total. The smallest absolute Gasteiger partial charge is 0.271 e. The number of carbonyl (C=O) groups excluding carboxylic acids is 1. The van der Waals surface area contributed by atoms with Gasteiger partial charge in [-0.05, 0) is 61.5 Å². The Labute approximate surface area is 184 Å². The average molecular weight is 447 g/mol. The summed E-state index contributed by atoms with van der Waals surface area (Å²) >= 11 is 7.60. The first-order valence-corrected chi connectivity index (χ1v) is 10.7. The highest BCUT2D eigenvalue weighted by atomic mass is 35.5. The second kappa shape index (κ2) is 10.1. The van der Waals surface area contributed by atoms with E-state index < -0.39 is 6.10 Å². The van der Waals surface area contributed by atoms with Crippen molar-refractivity contribution in [2.24, 2.45) is 4.99 Å². The first kappa shape index (κ1) is 22.4. The highest BCUT2D eigenvalue weighted by molar-refractivity contribution is 8.19. The largest absolute Gasteiger partial charge is 0.489 e. The summed E-state index contributed by atoms with van der Waals surface area (Å²) in [6.45, 7) is 3.48. The Balaban J connectivity index is 1.86. The van der Waals surface area contributed by atoms with Crippen LogP contribution in [0.1, 0.15) is 19.4 Å². The number of rotatable bonds is 7. The van der Waals surface area contributed by atoms with Crippen LogP contribution in [0.4, 0.5) is 5.69 Å². The average Bonchev–Trinajstić information content (AvgIpc) is 3.01. The third-order valence-electron chi connectivity index (χ3n) is 4.09. The van der Waals surface area contributed by atoms with Gasteiger partial charge in [0.15, 0.2) is 5.17 Å². The molecule has 0 saturated carbocycles. The summed E-state index contributed by atoms with van der Waals surface area (Å²) in [6.07, 6.45) is 0.794. The van der Waals surface area contributed by atoms with Gasteiger partial charge < -0.3 is 14.9 Å². The second-order valence-electron chi connectivity index (χ2n) is 6.93. The van der Waals surface area contributed by atoms with Crippen LogP contribution in [-0.2, 0) is 4.79 Å². The molecule has 3 rings (SSSR count). The number of hydrogen-bond acceptors (Lipinski definition) is 6. The van der Waals surface area contributed by atoms with Gasteiger partial charge in [-0.1, -0.05) is 35.9 Å². The molecule has 0 spiro atoms. The second-order valence-corrected chi connectivity index (χ2v) is 8.35. The molecule has 0 bridgehead atoms. The zero-order chi connectivity index (χ0) is 21.7. The normalized spacial score (nSPS) is 17.9. The van der Waals surface area contributed by atoms with Crippen LogP contribution in [0, 0.1) is 0 Å². The Morgan fingerprint density at radius 3 is 2.60 bits per heavy atom. The van der Waals surface area contributed by atoms with Crippen LogP contribution in [0.5, 0.6) is 5.75 Å². The molecule has 1 aliphatic rings. The lowest BCUT2D eigenvalue weighted by Gasteiger charge is -2.16. The molecule has 30 heavy (non-hydrogen) atoms. The monoisotopic (exact) mass is 446 g/mol. The number of benzene rings is 2. The third kappa shape index (κ3) is 5.43. The van der Waals surface area contributed by atoms with Gasteiger partial charge in [0.2, 0.25) is 0 Å². The summed E-state index contributed by atoms with van der Waals surface area (Å²) in [6, 6.07) is 14.6. The summed E-state index contributed by atoms with van der Waals surface area (Å²) in [5, 5.41) is 19.3. The minimum Gasteiger partial charge on any atom is -0.489 e. The van der Waals surface area contributed by atoms with Crippen molar-refractivity contribution in [1.82, 2.24) is 0 Å². The number of thioether (sulfide) groups is 1. The molecule has 0 aliphatic carbocycles. The van der Waals surface area contributed by atoms with Crippen LogP contribution in [-0.4, -0.2) is 46.6 Å². The number of aliphatic hydroxyl groups is 2. The molecule has 1 aliphatic heterocycles. The van der Waals surface area contributed by atoms with Crippen LogP contribution in [0.15, 0.2) is 58.4 Å². The van der Waals surface area contributed by atoms with Crippen LogP contribution in [0.3, 0.4) is 0 Å². The zero-order valence-corrected chi connectivity index (χ0v) is 18.2. The predicted octanol–water partition coefficient (Wildman–Crippen LogP) is 3.96. The van der Waals surface area contributed by atoms with E-state index in [1.54, 1.807) is 29.2 Å². The van der Waals surface area contributed by atoms with E-state index in [4.69, 9.17) is 21.4 Å². The number of carbonyl (C=O) groups is 1. The van der Waals surface area contributed by atoms with E-state index >= 15 is 0 Å². The zero-order valence-electron chi connectivity index (χ0n) is 16.7. The molecular formula is C22H23ClN2O4S. The quantitative estimate of drug-likeness (QED) is 0.629. The molecule has 2 N–H and O–H groups in total. The van der Waals surface area contributed by atoms with Gasteiger partial charge in [-0.3, -0.25) is 14.7 Å². The number of ether oxygens (including phenoxy) is 1. The van der Waals surface area contributed by atoms with Crippen molar-refractivity contribution in [2.45, 2.75) is 26.0 Å². The Morgan fingerprint density at radius 1 is 1.23 bits per heavy atom. The Morgan fingerprint density at radius 2 is 1.97 bits per heavy atom. The van der Waals surface area contributed by atoms with Gasteiger partial charge in [0.05, 0.1) is 22.2 Å². The van der Waals surface area contributed by atoms with Crippen molar-refractivity contribution >= 4 is 46.2 Å². The van der Waals surface area contributed by atoms with E-state index in [1.807, 2.05) is 44.2 Å². The number of nitrogens with zero attached hydrogens (tertiary/aromatic N) is 2. The number of amides is 1. The van der Waals surface area contributed by atoms with Gasteiger partial charge in [0.25, 0.3) is 5.91 Å². The number of halogens is 1. The number of anilines is 1. The molecule has 1 heterocycles. The van der Waals surface area contributed by atoms with Crippen molar-refractivity contribution in [3.05, 3.63) is 64.0 Å². The SMILES string of the molecule is CC(C)N=C1S/C(=C\c2ccc(OCC(O)CO)c(Cl)c2)C(=O)N1c1ccccc1. The minimum atomic E-state index is -0.974. The fraction of sp³-hybridized carbons (Fsp3) is 0.273. The fourth-order valence-electron chi connectivity index (χ4n) is 2.70. The molecule has 1 unspecified atom stereocenters. The molecule has 1 amide bonds. The van der Waals surface area contributed by atoms with Crippen LogP contribution >= 0.6 is 23.4 Å². The lowest BCUT2D eigenvalue weighted by Crippen LogP contribution is -2.29. The number of amidine groups is 1. The van der Waals surface area contributed by atoms with Crippen molar-refractivity contribution < 1.29 is 19.7 Å². The Bertz CT molecular complexity index is 963. The molecule has 1 fully saturated rings. The van der Waals surface area contributed by atoms with E-state index in [0.29, 0.717) is 20.8 Å². The van der Waals surface area contributed by atoms with Gasteiger partial charge in [0, 0.05) is 6.04 Å². The van der Waals surface area contributed by atoms with Gasteiger partial charge in [0.1, 0.15) is 18.5 Å². The number of aliphatic imine (C=N–C) groups is 1. The topological polar surface area (TPSA) is 82.4 Å². The molecule has 1 atom stereocenters. The standard InChI is InChI=1S/C22H23ClN2O4S/c1-14(2)24-22-25(16-6-4-3-5-7-16)21(28)20(30-22)11-15-8-9-19(18(23)10-15)29-13-17(27)12-26/h3-11,14,17,26-27H,12-13H2,1-2H3/b20-11-,24-22?. The summed E-state index contributed by atoms with van der Waals surface area (Å²) < 4.78 is 5.41. The maximum Gasteiger partial charge on any atom is 0.271 e. The van der Waals surface area contributed by atoms with Gasteiger partial charge in [-0.25, -0.2) is 0 Å². The molecule has 2 aromatic carbocycles. The Kier molecular flexibility index (Phi) is 7.55. The highest BCUT2D eigenvalue weighted by Gasteiger charge is 2.34. The fourth-order valence-corrected chi connectivity index (χ4v) is 4.06. The maximum absolute atomic E-state index is 13.1. The van der Waals surface area contributed by atoms with Crippen molar-refractivity contribution in [2.75, 3.05) is 18.1 Å². The van der Waals surface area contributed by atoms with Gasteiger partial charge >= 0.3 is 0 Å². The molecule has 0 aromatic heterocycles. The number of hydrogen-bond donors (Lipinski definition) is 2. The first-order valence-electron chi connectivity index (χ1n) is 9.47.